The number of nitrogens with zero attached hydrogens (tertiary/aromatic N) is 2. The molecule has 7 heteroatoms. The normalized spacial score (nSPS) is 22.4. The molecule has 0 radical (unpaired) electrons. The summed E-state index contributed by atoms with van der Waals surface area (Å²) in [7, 11) is 1.67. The van der Waals surface area contributed by atoms with Crippen LogP contribution in [-0.4, -0.2) is 67.6 Å². The molecule has 3 aliphatic heterocycles. The van der Waals surface area contributed by atoms with Crippen LogP contribution in [0.25, 0.3) is 0 Å². The fourth-order valence-corrected chi connectivity index (χ4v) is 6.03. The minimum Gasteiger partial charge on any atom is -0.497 e. The minimum atomic E-state index is -0.324. The van der Waals surface area contributed by atoms with Crippen molar-refractivity contribution in [3.05, 3.63) is 65.7 Å². The van der Waals surface area contributed by atoms with Crippen LogP contribution in [0.2, 0.25) is 0 Å². The average molecular weight is 506 g/mol. The van der Waals surface area contributed by atoms with E-state index in [2.05, 4.69) is 22.3 Å². The van der Waals surface area contributed by atoms with Crippen molar-refractivity contribution < 1.29 is 19.1 Å². The molecule has 2 aromatic carbocycles. The predicted molar refractivity (Wildman–Crippen MR) is 142 cm³/mol. The van der Waals surface area contributed by atoms with Crippen LogP contribution < -0.4 is 10.1 Å². The zero-order valence-electron chi connectivity index (χ0n) is 21.9. The lowest BCUT2D eigenvalue weighted by molar-refractivity contribution is -0.139. The Balaban J connectivity index is 1.14. The van der Waals surface area contributed by atoms with Crippen molar-refractivity contribution in [2.75, 3.05) is 39.9 Å². The van der Waals surface area contributed by atoms with E-state index in [0.29, 0.717) is 19.1 Å². The molecule has 0 saturated carbocycles. The van der Waals surface area contributed by atoms with Gasteiger partial charge < -0.3 is 24.6 Å². The van der Waals surface area contributed by atoms with Gasteiger partial charge in [-0.15, -0.1) is 0 Å². The molecule has 0 bridgehead atoms. The molecule has 2 aromatic rings. The molecule has 3 aliphatic rings. The summed E-state index contributed by atoms with van der Waals surface area (Å²) in [4.78, 5) is 30.7. The average Bonchev–Trinajstić information content (AvgIpc) is 3.58. The summed E-state index contributed by atoms with van der Waals surface area (Å²) in [6.07, 6.45) is 5.01. The van der Waals surface area contributed by atoms with Gasteiger partial charge in [0, 0.05) is 26.2 Å². The molecule has 3 fully saturated rings. The number of likely N-dealkylation sites (tertiary alicyclic amines) is 2. The van der Waals surface area contributed by atoms with E-state index in [1.807, 2.05) is 47.4 Å². The maximum Gasteiger partial charge on any atom is 0.249 e. The molecule has 0 aliphatic carbocycles. The number of amides is 2. The Labute approximate surface area is 220 Å². The Morgan fingerprint density at radius 1 is 1.08 bits per heavy atom. The van der Waals surface area contributed by atoms with Crippen LogP contribution in [0.1, 0.15) is 55.7 Å². The number of benzene rings is 2. The van der Waals surface area contributed by atoms with Gasteiger partial charge in [0.05, 0.1) is 18.6 Å². The van der Waals surface area contributed by atoms with E-state index in [9.17, 15) is 9.59 Å². The van der Waals surface area contributed by atoms with Gasteiger partial charge >= 0.3 is 0 Å². The summed E-state index contributed by atoms with van der Waals surface area (Å²) in [6.45, 7) is 4.89. The third kappa shape index (κ3) is 5.99. The number of nitrogens with one attached hydrogen (secondary N) is 1. The third-order valence-corrected chi connectivity index (χ3v) is 8.42. The first-order valence-corrected chi connectivity index (χ1v) is 13.7. The topological polar surface area (TPSA) is 71.1 Å². The van der Waals surface area contributed by atoms with Crippen molar-refractivity contribution in [2.45, 2.75) is 57.2 Å². The number of methoxy groups -OCH3 is 1. The van der Waals surface area contributed by atoms with Gasteiger partial charge in [-0.05, 0) is 74.9 Å². The molecular formula is C30H39N3O4. The number of ether oxygens (including phenoxy) is 2. The molecule has 37 heavy (non-hydrogen) atoms. The Hall–Kier alpha value is -2.90. The monoisotopic (exact) mass is 505 g/mol. The maximum atomic E-state index is 13.4. The number of piperidine rings is 1. The second-order valence-electron chi connectivity index (χ2n) is 10.7. The molecule has 198 valence electrons. The van der Waals surface area contributed by atoms with Crippen molar-refractivity contribution in [1.82, 2.24) is 15.1 Å². The number of carbonyl (C=O) groups is 2. The SMILES string of the molecule is COc1ccc(CN2CCC3(CCN(CC[C@H](NC(=O)[C@@H]4CCCO4)c4ccccc4)CC3)C2=O)cc1. The molecule has 1 spiro atoms. The number of hydrogen-bond donors (Lipinski definition) is 1. The molecule has 3 heterocycles. The van der Waals surface area contributed by atoms with Crippen molar-refractivity contribution in [3.8, 4) is 5.75 Å². The zero-order valence-corrected chi connectivity index (χ0v) is 21.9. The zero-order chi connectivity index (χ0) is 25.7. The van der Waals surface area contributed by atoms with E-state index in [1.54, 1.807) is 7.11 Å². The fraction of sp³-hybridized carbons (Fsp3) is 0.533. The molecule has 7 nitrogen and oxygen atoms in total. The van der Waals surface area contributed by atoms with Crippen molar-refractivity contribution in [2.24, 2.45) is 5.41 Å². The highest BCUT2D eigenvalue weighted by molar-refractivity contribution is 5.85. The first-order valence-electron chi connectivity index (χ1n) is 13.7. The van der Waals surface area contributed by atoms with E-state index in [-0.39, 0.29) is 23.5 Å². The summed E-state index contributed by atoms with van der Waals surface area (Å²) >= 11 is 0. The molecular weight excluding hydrogens is 466 g/mol. The van der Waals surface area contributed by atoms with Gasteiger partial charge in [-0.25, -0.2) is 0 Å². The van der Waals surface area contributed by atoms with E-state index in [4.69, 9.17) is 9.47 Å². The Kier molecular flexibility index (Phi) is 8.11. The number of carbonyl (C=O) groups excluding carboxylic acids is 2. The lowest BCUT2D eigenvalue weighted by Gasteiger charge is -2.38. The first kappa shape index (κ1) is 25.7. The fourth-order valence-electron chi connectivity index (χ4n) is 6.03. The van der Waals surface area contributed by atoms with Crippen molar-refractivity contribution in [1.29, 1.82) is 0 Å². The molecule has 3 saturated heterocycles. The summed E-state index contributed by atoms with van der Waals surface area (Å²) in [5.41, 5.74) is 2.05. The van der Waals surface area contributed by atoms with E-state index < -0.39 is 0 Å². The second kappa shape index (κ2) is 11.7. The summed E-state index contributed by atoms with van der Waals surface area (Å²) in [5.74, 6) is 1.15. The molecule has 2 atom stereocenters. The van der Waals surface area contributed by atoms with Crippen LogP contribution in [0.15, 0.2) is 54.6 Å². The van der Waals surface area contributed by atoms with Crippen molar-refractivity contribution >= 4 is 11.8 Å². The largest absolute Gasteiger partial charge is 0.497 e. The van der Waals surface area contributed by atoms with E-state index in [1.165, 1.54) is 0 Å². The van der Waals surface area contributed by atoms with E-state index >= 15 is 0 Å². The van der Waals surface area contributed by atoms with Gasteiger partial charge in [-0.3, -0.25) is 9.59 Å². The first-order chi connectivity index (χ1) is 18.1. The lowest BCUT2D eigenvalue weighted by atomic mass is 9.77. The minimum absolute atomic E-state index is 0.00236. The highest BCUT2D eigenvalue weighted by Crippen LogP contribution is 2.42. The number of rotatable bonds is 9. The van der Waals surface area contributed by atoms with Gasteiger partial charge in [-0.1, -0.05) is 42.5 Å². The van der Waals surface area contributed by atoms with Gasteiger partial charge in [0.25, 0.3) is 0 Å². The van der Waals surface area contributed by atoms with Crippen LogP contribution in [0.5, 0.6) is 5.75 Å². The summed E-state index contributed by atoms with van der Waals surface area (Å²) in [6, 6.07) is 18.2. The highest BCUT2D eigenvalue weighted by Gasteiger charge is 2.47. The van der Waals surface area contributed by atoms with Crippen LogP contribution in [0.4, 0.5) is 0 Å². The van der Waals surface area contributed by atoms with Crippen molar-refractivity contribution in [3.63, 3.8) is 0 Å². The van der Waals surface area contributed by atoms with Crippen LogP contribution in [0.3, 0.4) is 0 Å². The third-order valence-electron chi connectivity index (χ3n) is 8.42. The lowest BCUT2D eigenvalue weighted by Crippen LogP contribution is -2.45. The molecule has 2 amide bonds. The van der Waals surface area contributed by atoms with Gasteiger partial charge in [0.15, 0.2) is 0 Å². The van der Waals surface area contributed by atoms with Crippen LogP contribution in [-0.2, 0) is 20.9 Å². The molecule has 5 rings (SSSR count). The van der Waals surface area contributed by atoms with Gasteiger partial charge in [0.1, 0.15) is 11.9 Å². The summed E-state index contributed by atoms with van der Waals surface area (Å²) in [5, 5.41) is 3.25. The standard InChI is InChI=1S/C30H39N3O4/c1-36-25-11-9-23(10-12-25)22-33-20-16-30(29(33)35)14-18-32(19-15-30)17-13-26(24-6-3-2-4-7-24)31-28(34)27-8-5-21-37-27/h2-4,6-7,9-12,26-27H,5,8,13-22H2,1H3,(H,31,34)/t26-,27-/m0/s1. The highest BCUT2D eigenvalue weighted by atomic mass is 16.5. The second-order valence-corrected chi connectivity index (χ2v) is 10.7. The molecule has 0 unspecified atom stereocenters. The van der Waals surface area contributed by atoms with Crippen LogP contribution >= 0.6 is 0 Å². The van der Waals surface area contributed by atoms with Crippen LogP contribution in [0, 0.1) is 5.41 Å². The number of hydrogen-bond acceptors (Lipinski definition) is 5. The molecule has 0 aromatic heterocycles. The van der Waals surface area contributed by atoms with E-state index in [0.717, 1.165) is 81.6 Å². The maximum absolute atomic E-state index is 13.4. The smallest absolute Gasteiger partial charge is 0.249 e. The Morgan fingerprint density at radius 2 is 1.81 bits per heavy atom. The summed E-state index contributed by atoms with van der Waals surface area (Å²) < 4.78 is 10.9. The van der Waals surface area contributed by atoms with Gasteiger partial charge in [0.2, 0.25) is 11.8 Å². The molecule has 1 N–H and O–H groups in total. The van der Waals surface area contributed by atoms with Gasteiger partial charge in [-0.2, -0.15) is 0 Å². The quantitative estimate of drug-likeness (QED) is 0.559. The predicted octanol–water partition coefficient (Wildman–Crippen LogP) is 3.94. The Morgan fingerprint density at radius 3 is 2.49 bits per heavy atom. The Bertz CT molecular complexity index is 1040.